The molecule has 1 aromatic heterocycles. The Morgan fingerprint density at radius 1 is 1.39 bits per heavy atom. The number of aromatic nitrogens is 1. The molecule has 0 aliphatic rings. The summed E-state index contributed by atoms with van der Waals surface area (Å²) >= 11 is 1.63. The summed E-state index contributed by atoms with van der Waals surface area (Å²) in [4.78, 5) is 4.27. The van der Waals surface area contributed by atoms with Gasteiger partial charge in [0, 0.05) is 18.1 Å². The molecule has 0 fully saturated rings. The molecule has 92 valence electrons. The number of hydrogen-bond acceptors (Lipinski definition) is 4. The third kappa shape index (κ3) is 3.16. The highest BCUT2D eigenvalue weighted by molar-refractivity contribution is 7.09. The third-order valence-corrected chi connectivity index (χ3v) is 3.77. The monoisotopic (exact) mass is 257 g/mol. The van der Waals surface area contributed by atoms with Crippen molar-refractivity contribution < 1.29 is 0 Å². The highest BCUT2D eigenvalue weighted by Crippen LogP contribution is 2.18. The topological polar surface area (TPSA) is 48.7 Å². The smallest absolute Gasteiger partial charge is 0.109 e. The minimum Gasteiger partial charge on any atom is -0.307 e. The Morgan fingerprint density at radius 3 is 2.78 bits per heavy atom. The van der Waals surface area contributed by atoms with Gasteiger partial charge in [0.2, 0.25) is 0 Å². The predicted octanol–water partition coefficient (Wildman–Crippen LogP) is 3.10. The van der Waals surface area contributed by atoms with E-state index in [9.17, 15) is 5.26 Å². The molecule has 4 heteroatoms. The number of hydrogen-bond donors (Lipinski definition) is 1. The van der Waals surface area contributed by atoms with Gasteiger partial charge in [0.15, 0.2) is 0 Å². The molecule has 0 radical (unpaired) electrons. The lowest BCUT2D eigenvalue weighted by Crippen LogP contribution is -2.24. The molecule has 0 saturated carbocycles. The van der Waals surface area contributed by atoms with Crippen LogP contribution in [0.3, 0.4) is 0 Å². The van der Waals surface area contributed by atoms with Crippen LogP contribution in [0.1, 0.15) is 29.5 Å². The van der Waals surface area contributed by atoms with E-state index in [1.54, 1.807) is 17.5 Å². The standard InChI is InChI=1S/C14H15N3S/c1-11(14-16-7-8-18-14)17-10-13(9-15)12-5-3-2-4-6-12/h2-8,11,13,17H,10H2,1H3. The van der Waals surface area contributed by atoms with Gasteiger partial charge in [0.05, 0.1) is 18.0 Å². The molecule has 0 bridgehead atoms. The molecule has 2 unspecified atom stereocenters. The first-order valence-electron chi connectivity index (χ1n) is 5.88. The Kier molecular flexibility index (Phi) is 4.46. The maximum Gasteiger partial charge on any atom is 0.109 e. The summed E-state index contributed by atoms with van der Waals surface area (Å²) in [5.41, 5.74) is 1.05. The molecule has 0 amide bonds. The van der Waals surface area contributed by atoms with Crippen molar-refractivity contribution >= 4 is 11.3 Å². The van der Waals surface area contributed by atoms with Crippen molar-refractivity contribution in [3.63, 3.8) is 0 Å². The number of nitriles is 1. The maximum atomic E-state index is 9.22. The van der Waals surface area contributed by atoms with Crippen LogP contribution in [-0.4, -0.2) is 11.5 Å². The summed E-state index contributed by atoms with van der Waals surface area (Å²) in [6.07, 6.45) is 1.80. The first-order valence-corrected chi connectivity index (χ1v) is 6.76. The number of nitrogens with one attached hydrogen (secondary N) is 1. The average molecular weight is 257 g/mol. The van der Waals surface area contributed by atoms with Crippen molar-refractivity contribution in [2.75, 3.05) is 6.54 Å². The molecule has 2 aromatic rings. The summed E-state index contributed by atoms with van der Waals surface area (Å²) in [5.74, 6) is -0.117. The molecule has 1 N–H and O–H groups in total. The van der Waals surface area contributed by atoms with Crippen LogP contribution in [0, 0.1) is 11.3 Å². The van der Waals surface area contributed by atoms with Crippen LogP contribution in [-0.2, 0) is 0 Å². The van der Waals surface area contributed by atoms with E-state index in [1.165, 1.54) is 0 Å². The number of benzene rings is 1. The fourth-order valence-electron chi connectivity index (χ4n) is 1.75. The highest BCUT2D eigenvalue weighted by Gasteiger charge is 2.13. The van der Waals surface area contributed by atoms with Crippen molar-refractivity contribution in [3.05, 3.63) is 52.5 Å². The van der Waals surface area contributed by atoms with Crippen LogP contribution < -0.4 is 5.32 Å². The lowest BCUT2D eigenvalue weighted by molar-refractivity contribution is 0.556. The van der Waals surface area contributed by atoms with E-state index >= 15 is 0 Å². The third-order valence-electron chi connectivity index (χ3n) is 2.81. The lowest BCUT2D eigenvalue weighted by Gasteiger charge is -2.14. The second kappa shape index (κ2) is 6.29. The molecule has 2 atom stereocenters. The minimum absolute atomic E-state index is 0.117. The fraction of sp³-hybridized carbons (Fsp3) is 0.286. The molecule has 2 rings (SSSR count). The number of nitrogens with zero attached hydrogens (tertiary/aromatic N) is 2. The average Bonchev–Trinajstić information content (AvgIpc) is 2.94. The zero-order chi connectivity index (χ0) is 12.8. The van der Waals surface area contributed by atoms with Crippen molar-refractivity contribution in [1.82, 2.24) is 10.3 Å². The first kappa shape index (κ1) is 12.7. The Bertz CT molecular complexity index is 502. The van der Waals surface area contributed by atoms with E-state index in [0.717, 1.165) is 10.6 Å². The first-order chi connectivity index (χ1) is 8.81. The highest BCUT2D eigenvalue weighted by atomic mass is 32.1. The molecule has 0 aliphatic heterocycles. The Morgan fingerprint density at radius 2 is 2.17 bits per heavy atom. The minimum atomic E-state index is -0.117. The van der Waals surface area contributed by atoms with E-state index in [1.807, 2.05) is 35.7 Å². The summed E-state index contributed by atoms with van der Waals surface area (Å²) in [7, 11) is 0. The molecule has 0 spiro atoms. The van der Waals surface area contributed by atoms with Crippen LogP contribution >= 0.6 is 11.3 Å². The van der Waals surface area contributed by atoms with Crippen LogP contribution in [0.2, 0.25) is 0 Å². The zero-order valence-electron chi connectivity index (χ0n) is 10.2. The van der Waals surface area contributed by atoms with Gasteiger partial charge in [-0.25, -0.2) is 4.98 Å². The number of rotatable bonds is 5. The Labute approximate surface area is 111 Å². The normalized spacial score (nSPS) is 13.8. The van der Waals surface area contributed by atoms with Gasteiger partial charge < -0.3 is 5.32 Å². The van der Waals surface area contributed by atoms with Gasteiger partial charge in [-0.05, 0) is 12.5 Å². The summed E-state index contributed by atoms with van der Waals surface area (Å²) < 4.78 is 0. The van der Waals surface area contributed by atoms with Gasteiger partial charge in [-0.15, -0.1) is 11.3 Å². The van der Waals surface area contributed by atoms with Gasteiger partial charge in [0.1, 0.15) is 5.01 Å². The van der Waals surface area contributed by atoms with Crippen LogP contribution in [0.4, 0.5) is 0 Å². The zero-order valence-corrected chi connectivity index (χ0v) is 11.0. The van der Waals surface area contributed by atoms with E-state index < -0.39 is 0 Å². The van der Waals surface area contributed by atoms with E-state index in [4.69, 9.17) is 0 Å². The van der Waals surface area contributed by atoms with Crippen molar-refractivity contribution in [2.24, 2.45) is 0 Å². The second-order valence-electron chi connectivity index (χ2n) is 4.09. The quantitative estimate of drug-likeness (QED) is 0.895. The van der Waals surface area contributed by atoms with Crippen molar-refractivity contribution in [2.45, 2.75) is 18.9 Å². The van der Waals surface area contributed by atoms with Gasteiger partial charge in [-0.2, -0.15) is 5.26 Å². The molecule has 3 nitrogen and oxygen atoms in total. The molecule has 1 aromatic carbocycles. The molecule has 18 heavy (non-hydrogen) atoms. The lowest BCUT2D eigenvalue weighted by atomic mass is 10.0. The second-order valence-corrected chi connectivity index (χ2v) is 5.02. The van der Waals surface area contributed by atoms with Crippen LogP contribution in [0.25, 0.3) is 0 Å². The molecular weight excluding hydrogens is 242 g/mol. The summed E-state index contributed by atoms with van der Waals surface area (Å²) in [6, 6.07) is 12.4. The van der Waals surface area contributed by atoms with Gasteiger partial charge >= 0.3 is 0 Å². The van der Waals surface area contributed by atoms with Crippen molar-refractivity contribution in [3.8, 4) is 6.07 Å². The Balaban J connectivity index is 1.95. The molecule has 1 heterocycles. The Hall–Kier alpha value is -1.70. The molecular formula is C14H15N3S. The molecule has 0 saturated heterocycles. The van der Waals surface area contributed by atoms with Crippen molar-refractivity contribution in [1.29, 1.82) is 5.26 Å². The van der Waals surface area contributed by atoms with E-state index in [-0.39, 0.29) is 12.0 Å². The predicted molar refractivity (Wildman–Crippen MR) is 73.3 cm³/mol. The van der Waals surface area contributed by atoms with Crippen LogP contribution in [0.5, 0.6) is 0 Å². The van der Waals surface area contributed by atoms with Gasteiger partial charge in [0.25, 0.3) is 0 Å². The largest absolute Gasteiger partial charge is 0.307 e. The van der Waals surface area contributed by atoms with Crippen LogP contribution in [0.15, 0.2) is 41.9 Å². The maximum absolute atomic E-state index is 9.22. The summed E-state index contributed by atoms with van der Waals surface area (Å²) in [6.45, 7) is 2.71. The van der Waals surface area contributed by atoms with E-state index in [2.05, 4.69) is 23.3 Å². The fourth-order valence-corrected chi connectivity index (χ4v) is 2.42. The molecule has 0 aliphatic carbocycles. The summed E-state index contributed by atoms with van der Waals surface area (Å²) in [5, 5.41) is 15.6. The number of thiazole rings is 1. The van der Waals surface area contributed by atoms with Gasteiger partial charge in [-0.1, -0.05) is 30.3 Å². The SMILES string of the molecule is CC(NCC(C#N)c1ccccc1)c1nccs1. The van der Waals surface area contributed by atoms with E-state index in [0.29, 0.717) is 6.54 Å². The van der Waals surface area contributed by atoms with Gasteiger partial charge in [-0.3, -0.25) is 0 Å².